The van der Waals surface area contributed by atoms with E-state index >= 15 is 0 Å². The highest BCUT2D eigenvalue weighted by molar-refractivity contribution is 5.80. The van der Waals surface area contributed by atoms with Crippen molar-refractivity contribution in [3.05, 3.63) is 42.0 Å². The van der Waals surface area contributed by atoms with E-state index < -0.39 is 0 Å². The van der Waals surface area contributed by atoms with E-state index in [0.717, 1.165) is 49.3 Å². The van der Waals surface area contributed by atoms with Crippen LogP contribution >= 0.6 is 0 Å². The molecule has 0 unspecified atom stereocenters. The molecule has 2 aliphatic heterocycles. The van der Waals surface area contributed by atoms with E-state index in [9.17, 15) is 0 Å². The van der Waals surface area contributed by atoms with Gasteiger partial charge >= 0.3 is 0 Å². The van der Waals surface area contributed by atoms with Crippen LogP contribution in [0.4, 0.5) is 17.6 Å². The van der Waals surface area contributed by atoms with E-state index in [1.54, 1.807) is 0 Å². The van der Waals surface area contributed by atoms with Crippen LogP contribution in [-0.4, -0.2) is 42.4 Å². The fourth-order valence-electron chi connectivity index (χ4n) is 3.36. The third-order valence-corrected chi connectivity index (χ3v) is 4.71. The van der Waals surface area contributed by atoms with Gasteiger partial charge in [-0.3, -0.25) is 5.43 Å². The van der Waals surface area contributed by atoms with Crippen molar-refractivity contribution < 1.29 is 0 Å². The van der Waals surface area contributed by atoms with Crippen LogP contribution in [0.1, 0.15) is 31.2 Å². The number of anilines is 3. The van der Waals surface area contributed by atoms with Gasteiger partial charge in [0.2, 0.25) is 5.95 Å². The molecule has 0 atom stereocenters. The van der Waals surface area contributed by atoms with Gasteiger partial charge in [0.15, 0.2) is 5.82 Å². The SMILES string of the molecule is C(=N\Nc1cc(N2CCCC2)nc(N2CCCC2)n1)/c1ccccc1. The lowest BCUT2D eigenvalue weighted by molar-refractivity contribution is 0.871. The van der Waals surface area contributed by atoms with Gasteiger partial charge in [-0.05, 0) is 31.2 Å². The van der Waals surface area contributed by atoms with Crippen molar-refractivity contribution >= 4 is 23.8 Å². The van der Waals surface area contributed by atoms with Crippen molar-refractivity contribution in [3.63, 3.8) is 0 Å². The van der Waals surface area contributed by atoms with Gasteiger partial charge in [-0.1, -0.05) is 30.3 Å². The Morgan fingerprint density at radius 3 is 2.28 bits per heavy atom. The molecule has 2 aliphatic rings. The summed E-state index contributed by atoms with van der Waals surface area (Å²) in [7, 11) is 0. The maximum absolute atomic E-state index is 4.81. The molecule has 2 saturated heterocycles. The number of nitrogens with zero attached hydrogens (tertiary/aromatic N) is 5. The Balaban J connectivity index is 1.55. The molecular formula is C19H24N6. The van der Waals surface area contributed by atoms with E-state index in [1.165, 1.54) is 25.7 Å². The average Bonchev–Trinajstić information content (AvgIpc) is 3.36. The van der Waals surface area contributed by atoms with Gasteiger partial charge in [0.05, 0.1) is 6.21 Å². The van der Waals surface area contributed by atoms with E-state index in [0.29, 0.717) is 0 Å². The van der Waals surface area contributed by atoms with Crippen LogP contribution in [0, 0.1) is 0 Å². The molecule has 6 heteroatoms. The van der Waals surface area contributed by atoms with Crippen LogP contribution in [0.3, 0.4) is 0 Å². The molecule has 25 heavy (non-hydrogen) atoms. The molecule has 2 aromatic rings. The minimum absolute atomic E-state index is 0.756. The van der Waals surface area contributed by atoms with E-state index in [4.69, 9.17) is 4.98 Å². The highest BCUT2D eigenvalue weighted by Gasteiger charge is 2.20. The second-order valence-electron chi connectivity index (χ2n) is 6.58. The summed E-state index contributed by atoms with van der Waals surface area (Å²) in [5.41, 5.74) is 4.14. The van der Waals surface area contributed by atoms with Gasteiger partial charge in [-0.15, -0.1) is 0 Å². The Labute approximate surface area is 148 Å². The molecule has 0 radical (unpaired) electrons. The third kappa shape index (κ3) is 3.90. The van der Waals surface area contributed by atoms with Crippen molar-refractivity contribution in [2.75, 3.05) is 41.4 Å². The van der Waals surface area contributed by atoms with E-state index in [-0.39, 0.29) is 0 Å². The summed E-state index contributed by atoms with van der Waals surface area (Å²) in [5.74, 6) is 2.58. The first kappa shape index (κ1) is 15.9. The molecule has 1 aromatic carbocycles. The Kier molecular flexibility index (Phi) is 4.77. The first-order valence-electron chi connectivity index (χ1n) is 9.12. The second-order valence-corrected chi connectivity index (χ2v) is 6.58. The van der Waals surface area contributed by atoms with Gasteiger partial charge in [-0.25, -0.2) is 0 Å². The average molecular weight is 336 g/mol. The lowest BCUT2D eigenvalue weighted by atomic mass is 10.2. The highest BCUT2D eigenvalue weighted by Crippen LogP contribution is 2.25. The van der Waals surface area contributed by atoms with E-state index in [2.05, 4.69) is 25.3 Å². The molecular weight excluding hydrogens is 312 g/mol. The second kappa shape index (κ2) is 7.51. The van der Waals surface area contributed by atoms with Crippen molar-refractivity contribution in [1.82, 2.24) is 9.97 Å². The summed E-state index contributed by atoms with van der Waals surface area (Å²) in [6, 6.07) is 12.1. The number of aromatic nitrogens is 2. The smallest absolute Gasteiger partial charge is 0.229 e. The Morgan fingerprint density at radius 1 is 0.880 bits per heavy atom. The number of hydrogen-bond donors (Lipinski definition) is 1. The zero-order valence-corrected chi connectivity index (χ0v) is 14.4. The molecule has 0 saturated carbocycles. The molecule has 1 aromatic heterocycles. The molecule has 130 valence electrons. The Morgan fingerprint density at radius 2 is 1.56 bits per heavy atom. The van der Waals surface area contributed by atoms with Crippen LogP contribution in [0.2, 0.25) is 0 Å². The van der Waals surface area contributed by atoms with Crippen molar-refractivity contribution in [3.8, 4) is 0 Å². The molecule has 1 N–H and O–H groups in total. The molecule has 0 amide bonds. The van der Waals surface area contributed by atoms with Crippen molar-refractivity contribution in [2.24, 2.45) is 5.10 Å². The minimum atomic E-state index is 0.756. The van der Waals surface area contributed by atoms with Gasteiger partial charge in [0.1, 0.15) is 5.82 Å². The monoisotopic (exact) mass is 336 g/mol. The highest BCUT2D eigenvalue weighted by atomic mass is 15.4. The number of nitrogens with one attached hydrogen (secondary N) is 1. The fraction of sp³-hybridized carbons (Fsp3) is 0.421. The van der Waals surface area contributed by atoms with Crippen LogP contribution < -0.4 is 15.2 Å². The van der Waals surface area contributed by atoms with Crippen LogP contribution in [0.25, 0.3) is 0 Å². The van der Waals surface area contributed by atoms with Crippen LogP contribution in [0.15, 0.2) is 41.5 Å². The zero-order chi connectivity index (χ0) is 16.9. The van der Waals surface area contributed by atoms with Gasteiger partial charge in [-0.2, -0.15) is 15.1 Å². The summed E-state index contributed by atoms with van der Waals surface area (Å²) in [5, 5.41) is 4.34. The molecule has 6 nitrogen and oxygen atoms in total. The number of benzene rings is 1. The quantitative estimate of drug-likeness (QED) is 0.671. The Bertz CT molecular complexity index is 684. The first-order chi connectivity index (χ1) is 12.4. The molecule has 0 aliphatic carbocycles. The molecule has 4 rings (SSSR count). The maximum atomic E-state index is 4.81. The summed E-state index contributed by atoms with van der Waals surface area (Å²) < 4.78 is 0. The standard InChI is InChI=1S/C19H24N6/c1-2-8-16(9-3-1)15-20-23-17-14-18(24-10-4-5-11-24)22-19(21-17)25-12-6-7-13-25/h1-3,8-9,14-15H,4-7,10-13H2,(H,21,22,23)/b20-15+. The first-order valence-corrected chi connectivity index (χ1v) is 9.12. The predicted octanol–water partition coefficient (Wildman–Crippen LogP) is 3.12. The maximum Gasteiger partial charge on any atom is 0.229 e. The van der Waals surface area contributed by atoms with Gasteiger partial charge < -0.3 is 9.80 Å². The summed E-state index contributed by atoms with van der Waals surface area (Å²) in [6.45, 7) is 4.22. The predicted molar refractivity (Wildman–Crippen MR) is 103 cm³/mol. The largest absolute Gasteiger partial charge is 0.356 e. The topological polar surface area (TPSA) is 56.7 Å². The van der Waals surface area contributed by atoms with Crippen molar-refractivity contribution in [1.29, 1.82) is 0 Å². The fourth-order valence-corrected chi connectivity index (χ4v) is 3.36. The lowest BCUT2D eigenvalue weighted by Crippen LogP contribution is -2.24. The molecule has 0 bridgehead atoms. The lowest BCUT2D eigenvalue weighted by Gasteiger charge is -2.21. The summed E-state index contributed by atoms with van der Waals surface area (Å²) >= 11 is 0. The van der Waals surface area contributed by atoms with Crippen LogP contribution in [-0.2, 0) is 0 Å². The molecule has 2 fully saturated rings. The zero-order valence-electron chi connectivity index (χ0n) is 14.4. The van der Waals surface area contributed by atoms with Gasteiger partial charge in [0.25, 0.3) is 0 Å². The van der Waals surface area contributed by atoms with Crippen molar-refractivity contribution in [2.45, 2.75) is 25.7 Å². The van der Waals surface area contributed by atoms with E-state index in [1.807, 2.05) is 42.6 Å². The number of rotatable bonds is 5. The number of hydrazone groups is 1. The van der Waals surface area contributed by atoms with Crippen LogP contribution in [0.5, 0.6) is 0 Å². The summed E-state index contributed by atoms with van der Waals surface area (Å²) in [6.07, 6.45) is 6.71. The molecule has 0 spiro atoms. The number of hydrogen-bond acceptors (Lipinski definition) is 6. The third-order valence-electron chi connectivity index (χ3n) is 4.71. The molecule has 3 heterocycles. The Hall–Kier alpha value is -2.63. The summed E-state index contributed by atoms with van der Waals surface area (Å²) in [4.78, 5) is 14.1. The normalized spacial score (nSPS) is 17.6. The van der Waals surface area contributed by atoms with Gasteiger partial charge in [0, 0.05) is 32.2 Å². The minimum Gasteiger partial charge on any atom is -0.356 e.